The average Bonchev–Trinajstić information content (AvgIpc) is 2.98. The average molecular weight is 361 g/mol. The quantitative estimate of drug-likeness (QED) is 0.468. The summed E-state index contributed by atoms with van der Waals surface area (Å²) in [5.41, 5.74) is 13.8. The summed E-state index contributed by atoms with van der Waals surface area (Å²) in [7, 11) is 0. The molecule has 0 radical (unpaired) electrons. The van der Waals surface area contributed by atoms with Crippen molar-refractivity contribution in [1.82, 2.24) is 39.3 Å². The van der Waals surface area contributed by atoms with E-state index in [0.29, 0.717) is 44.5 Å². The summed E-state index contributed by atoms with van der Waals surface area (Å²) in [6, 6.07) is 0. The molecule has 0 saturated carbocycles. The molecule has 4 aromatic rings. The molecule has 22 heavy (non-hydrogen) atoms. The summed E-state index contributed by atoms with van der Waals surface area (Å²) in [4.78, 5) is 25.1. The fourth-order valence-electron chi connectivity index (χ4n) is 2.30. The Morgan fingerprint density at radius 1 is 0.864 bits per heavy atom. The minimum atomic E-state index is 0.292. The van der Waals surface area contributed by atoms with Crippen LogP contribution in [0, 0.1) is 6.92 Å². The van der Waals surface area contributed by atoms with E-state index in [4.69, 9.17) is 11.5 Å². The maximum absolute atomic E-state index is 5.86. The number of nitrogens with zero attached hydrogens (tertiary/aromatic N) is 8. The van der Waals surface area contributed by atoms with E-state index in [2.05, 4.69) is 45.8 Å². The Kier molecular flexibility index (Phi) is 2.54. The fourth-order valence-corrected chi connectivity index (χ4v) is 2.80. The summed E-state index contributed by atoms with van der Waals surface area (Å²) >= 11 is 3.41. The van der Waals surface area contributed by atoms with Crippen molar-refractivity contribution >= 4 is 49.9 Å². The molecule has 0 amide bonds. The van der Waals surface area contributed by atoms with Gasteiger partial charge in [-0.3, -0.25) is 0 Å². The number of rotatable bonds is 1. The minimum Gasteiger partial charge on any atom is -0.382 e. The van der Waals surface area contributed by atoms with Gasteiger partial charge < -0.3 is 11.5 Å². The number of hydrogen-bond acceptors (Lipinski definition) is 8. The largest absolute Gasteiger partial charge is 0.382 e. The number of nitrogens with two attached hydrogens (primary N) is 2. The molecule has 10 nitrogen and oxygen atoms in total. The number of imidazole rings is 2. The van der Waals surface area contributed by atoms with Gasteiger partial charge in [-0.1, -0.05) is 0 Å². The van der Waals surface area contributed by atoms with Gasteiger partial charge in [0.25, 0.3) is 0 Å². The van der Waals surface area contributed by atoms with Gasteiger partial charge in [0.05, 0.1) is 0 Å². The Morgan fingerprint density at radius 3 is 2.05 bits per heavy atom. The highest BCUT2D eigenvalue weighted by Crippen LogP contribution is 2.25. The third kappa shape index (κ3) is 1.59. The zero-order chi connectivity index (χ0) is 15.4. The standard InChI is InChI=1S/C11H9BrN10/c1-4-19-5-7(13)15-2-17-9(5)21(4)22-10-6(20-11(22)12)8(14)16-3-18-10/h2-3H,1H3,(H2,13,15,17)(H2,14,16,18). The summed E-state index contributed by atoms with van der Waals surface area (Å²) < 4.78 is 3.93. The summed E-state index contributed by atoms with van der Waals surface area (Å²) in [5, 5.41) is 0. The van der Waals surface area contributed by atoms with Gasteiger partial charge in [0.2, 0.25) is 0 Å². The second-order valence-electron chi connectivity index (χ2n) is 4.53. The predicted molar refractivity (Wildman–Crippen MR) is 82.7 cm³/mol. The van der Waals surface area contributed by atoms with E-state index >= 15 is 0 Å². The van der Waals surface area contributed by atoms with E-state index in [-0.39, 0.29) is 0 Å². The molecule has 0 aromatic carbocycles. The number of aryl methyl sites for hydroxylation is 1. The molecule has 0 fully saturated rings. The number of nitrogen functional groups attached to an aromatic ring is 2. The first kappa shape index (κ1) is 12.9. The third-order valence-electron chi connectivity index (χ3n) is 3.22. The Balaban J connectivity index is 2.17. The van der Waals surface area contributed by atoms with E-state index in [1.165, 1.54) is 12.7 Å². The number of anilines is 2. The molecule has 11 heteroatoms. The number of hydrogen-bond donors (Lipinski definition) is 2. The van der Waals surface area contributed by atoms with Crippen molar-refractivity contribution in [2.75, 3.05) is 11.5 Å². The van der Waals surface area contributed by atoms with Gasteiger partial charge >= 0.3 is 0 Å². The highest BCUT2D eigenvalue weighted by atomic mass is 79.9. The first-order valence-corrected chi connectivity index (χ1v) is 6.98. The van der Waals surface area contributed by atoms with Gasteiger partial charge in [-0.05, 0) is 22.9 Å². The molecule has 0 aliphatic carbocycles. The molecule has 110 valence electrons. The number of aromatic nitrogens is 8. The lowest BCUT2D eigenvalue weighted by Crippen LogP contribution is -2.13. The van der Waals surface area contributed by atoms with E-state index in [1.54, 1.807) is 9.35 Å². The fraction of sp³-hybridized carbons (Fsp3) is 0.0909. The van der Waals surface area contributed by atoms with Crippen LogP contribution in [-0.2, 0) is 0 Å². The second kappa shape index (κ2) is 4.34. The Morgan fingerprint density at radius 2 is 1.41 bits per heavy atom. The monoisotopic (exact) mass is 360 g/mol. The molecule has 0 aliphatic heterocycles. The lowest BCUT2D eigenvalue weighted by molar-refractivity contribution is 0.647. The molecule has 0 bridgehead atoms. The highest BCUT2D eigenvalue weighted by Gasteiger charge is 2.20. The maximum Gasteiger partial charge on any atom is 0.199 e. The van der Waals surface area contributed by atoms with Crippen LogP contribution >= 0.6 is 15.9 Å². The number of halogens is 1. The van der Waals surface area contributed by atoms with Crippen molar-refractivity contribution < 1.29 is 0 Å². The van der Waals surface area contributed by atoms with Crippen molar-refractivity contribution in [3.8, 4) is 0 Å². The SMILES string of the molecule is Cc1nc2c(N)ncnc2n1-n1c(Br)nc2c(N)ncnc21. The van der Waals surface area contributed by atoms with Crippen LogP contribution in [0.3, 0.4) is 0 Å². The first-order valence-electron chi connectivity index (χ1n) is 6.18. The van der Waals surface area contributed by atoms with E-state index in [0.717, 1.165) is 0 Å². The van der Waals surface area contributed by atoms with Crippen LogP contribution < -0.4 is 11.5 Å². The van der Waals surface area contributed by atoms with Crippen LogP contribution in [-0.4, -0.2) is 39.3 Å². The summed E-state index contributed by atoms with van der Waals surface area (Å²) in [6.07, 6.45) is 2.76. The number of fused-ring (bicyclic) bond motifs is 2. The first-order chi connectivity index (χ1) is 10.6. The van der Waals surface area contributed by atoms with Gasteiger partial charge in [-0.25, -0.2) is 39.3 Å². The van der Waals surface area contributed by atoms with Crippen molar-refractivity contribution in [2.45, 2.75) is 6.92 Å². The van der Waals surface area contributed by atoms with Crippen LogP contribution in [0.25, 0.3) is 22.3 Å². The predicted octanol–water partition coefficient (Wildman–Crippen LogP) is 0.513. The molecule has 0 spiro atoms. The molecule has 4 heterocycles. The van der Waals surface area contributed by atoms with Crippen LogP contribution in [0.2, 0.25) is 0 Å². The lowest BCUT2D eigenvalue weighted by atomic mass is 10.5. The van der Waals surface area contributed by atoms with Crippen LogP contribution in [0.15, 0.2) is 17.4 Å². The lowest BCUT2D eigenvalue weighted by Gasteiger charge is -2.08. The zero-order valence-corrected chi connectivity index (χ0v) is 12.9. The zero-order valence-electron chi connectivity index (χ0n) is 11.3. The minimum absolute atomic E-state index is 0.292. The van der Waals surface area contributed by atoms with Gasteiger partial charge in [0, 0.05) is 0 Å². The summed E-state index contributed by atoms with van der Waals surface area (Å²) in [6.45, 7) is 1.82. The van der Waals surface area contributed by atoms with Crippen LogP contribution in [0.4, 0.5) is 11.6 Å². The molecule has 0 aliphatic rings. The normalized spacial score (nSPS) is 11.5. The van der Waals surface area contributed by atoms with E-state index < -0.39 is 0 Å². The van der Waals surface area contributed by atoms with Crippen LogP contribution in [0.1, 0.15) is 5.82 Å². The van der Waals surface area contributed by atoms with E-state index in [1.807, 2.05) is 6.92 Å². The Hall–Kier alpha value is -2.82. The van der Waals surface area contributed by atoms with Crippen molar-refractivity contribution in [2.24, 2.45) is 0 Å². The van der Waals surface area contributed by atoms with Gasteiger partial charge in [-0.2, -0.15) is 0 Å². The van der Waals surface area contributed by atoms with Crippen molar-refractivity contribution in [3.63, 3.8) is 0 Å². The van der Waals surface area contributed by atoms with Gasteiger partial charge in [-0.15, -0.1) is 0 Å². The molecule has 0 atom stereocenters. The molecule has 0 unspecified atom stereocenters. The Labute approximate surface area is 131 Å². The molecule has 4 N–H and O–H groups in total. The van der Waals surface area contributed by atoms with Crippen molar-refractivity contribution in [3.05, 3.63) is 23.2 Å². The van der Waals surface area contributed by atoms with Gasteiger partial charge in [0.1, 0.15) is 18.5 Å². The molecular formula is C11H9BrN10. The van der Waals surface area contributed by atoms with Gasteiger partial charge in [0.15, 0.2) is 38.7 Å². The van der Waals surface area contributed by atoms with Crippen molar-refractivity contribution in [1.29, 1.82) is 0 Å². The Bertz CT molecular complexity index is 948. The maximum atomic E-state index is 5.86. The summed E-state index contributed by atoms with van der Waals surface area (Å²) in [5.74, 6) is 1.25. The highest BCUT2D eigenvalue weighted by molar-refractivity contribution is 9.10. The van der Waals surface area contributed by atoms with E-state index in [9.17, 15) is 0 Å². The van der Waals surface area contributed by atoms with Crippen LogP contribution in [0.5, 0.6) is 0 Å². The smallest absolute Gasteiger partial charge is 0.199 e. The molecule has 4 aromatic heterocycles. The molecule has 0 saturated heterocycles. The second-order valence-corrected chi connectivity index (χ2v) is 5.23. The third-order valence-corrected chi connectivity index (χ3v) is 3.74. The topological polar surface area (TPSA) is 139 Å². The molecular weight excluding hydrogens is 352 g/mol. The molecule has 4 rings (SSSR count).